The van der Waals surface area contributed by atoms with Gasteiger partial charge >= 0.3 is 0 Å². The molecule has 0 saturated heterocycles. The molecule has 50 valence electrons. The monoisotopic (exact) mass is 123 g/mol. The molecule has 0 rings (SSSR count). The van der Waals surface area contributed by atoms with Gasteiger partial charge in [-0.15, -0.1) is 0 Å². The summed E-state index contributed by atoms with van der Waals surface area (Å²) in [6.07, 6.45) is 0. The molecule has 1 nitrogen and oxygen atoms in total. The Morgan fingerprint density at radius 1 is 1.11 bits per heavy atom. The maximum Gasteiger partial charge on any atom is 0.0580 e. The Hall–Kier alpha value is -0.850. The number of aliphatic imine (C=N–C) groups is 1. The Labute approximate surface area is 56.8 Å². The van der Waals surface area contributed by atoms with Crippen molar-refractivity contribution >= 4 is 5.71 Å². The average Bonchev–Trinajstić information content (AvgIpc) is 1.63. The molecule has 0 aromatic heterocycles. The van der Waals surface area contributed by atoms with Crippen LogP contribution < -0.4 is 0 Å². The van der Waals surface area contributed by atoms with E-state index >= 15 is 0 Å². The summed E-state index contributed by atoms with van der Waals surface area (Å²) < 4.78 is 0. The van der Waals surface area contributed by atoms with Crippen molar-refractivity contribution in [1.82, 2.24) is 0 Å². The number of hydrogen-bond acceptors (Lipinski definition) is 1. The van der Waals surface area contributed by atoms with E-state index < -0.39 is 0 Å². The van der Waals surface area contributed by atoms with Crippen molar-refractivity contribution in [2.24, 2.45) is 4.99 Å². The second-order valence-corrected chi connectivity index (χ2v) is 2.29. The van der Waals surface area contributed by atoms with Crippen LogP contribution in [0.1, 0.15) is 20.8 Å². The first-order valence-electron chi connectivity index (χ1n) is 2.90. The van der Waals surface area contributed by atoms with Gasteiger partial charge in [0.05, 0.1) is 5.70 Å². The van der Waals surface area contributed by atoms with Crippen LogP contribution in [0.4, 0.5) is 0 Å². The van der Waals surface area contributed by atoms with Crippen molar-refractivity contribution in [2.45, 2.75) is 20.8 Å². The topological polar surface area (TPSA) is 12.4 Å². The molecule has 0 aliphatic rings. The van der Waals surface area contributed by atoms with Crippen LogP contribution in [0.3, 0.4) is 0 Å². The molecule has 0 aliphatic carbocycles. The van der Waals surface area contributed by atoms with Crippen molar-refractivity contribution in [1.29, 1.82) is 0 Å². The minimum atomic E-state index is 0.773. The van der Waals surface area contributed by atoms with E-state index in [1.54, 1.807) is 0 Å². The van der Waals surface area contributed by atoms with Gasteiger partial charge in [0.25, 0.3) is 0 Å². The molecule has 0 unspecified atom stereocenters. The quantitative estimate of drug-likeness (QED) is 0.395. The molecule has 1 heteroatoms. The van der Waals surface area contributed by atoms with Gasteiger partial charge < -0.3 is 0 Å². The van der Waals surface area contributed by atoms with E-state index in [9.17, 15) is 0 Å². The molecule has 0 aliphatic heterocycles. The fourth-order valence-electron chi connectivity index (χ4n) is 0.365. The average molecular weight is 123 g/mol. The molecule has 0 spiro atoms. The Morgan fingerprint density at radius 3 is 1.67 bits per heavy atom. The standard InChI is InChI=1S/C8H13N/c1-6(2)8(5)9-7(3)4/h1,5H2,2-4H3. The Morgan fingerprint density at radius 2 is 1.56 bits per heavy atom. The molecule has 9 heavy (non-hydrogen) atoms. The summed E-state index contributed by atoms with van der Waals surface area (Å²) in [5, 5.41) is 0. The van der Waals surface area contributed by atoms with Crippen molar-refractivity contribution in [3.63, 3.8) is 0 Å². The van der Waals surface area contributed by atoms with Gasteiger partial charge in [0.1, 0.15) is 0 Å². The molecular formula is C8H13N. The highest BCUT2D eigenvalue weighted by atomic mass is 14.7. The van der Waals surface area contributed by atoms with Crippen molar-refractivity contribution in [3.8, 4) is 0 Å². The summed E-state index contributed by atoms with van der Waals surface area (Å²) in [5.74, 6) is 0. The number of nitrogens with zero attached hydrogens (tertiary/aromatic N) is 1. The third-order valence-corrected chi connectivity index (χ3v) is 0.851. The van der Waals surface area contributed by atoms with E-state index in [0.717, 1.165) is 17.0 Å². The largest absolute Gasteiger partial charge is 0.259 e. The lowest BCUT2D eigenvalue weighted by Gasteiger charge is -1.95. The van der Waals surface area contributed by atoms with Gasteiger partial charge in [0.15, 0.2) is 0 Å². The van der Waals surface area contributed by atoms with Crippen LogP contribution in [-0.4, -0.2) is 5.71 Å². The third-order valence-electron chi connectivity index (χ3n) is 0.851. The Bertz CT molecular complexity index is 159. The highest BCUT2D eigenvalue weighted by Crippen LogP contribution is 2.04. The molecule has 0 amide bonds. The minimum absolute atomic E-state index is 0.773. The van der Waals surface area contributed by atoms with E-state index in [0.29, 0.717) is 0 Å². The van der Waals surface area contributed by atoms with E-state index in [2.05, 4.69) is 18.2 Å². The van der Waals surface area contributed by atoms with E-state index in [1.165, 1.54) is 0 Å². The zero-order chi connectivity index (χ0) is 7.44. The molecule has 0 heterocycles. The number of allylic oxidation sites excluding steroid dienone is 1. The maximum atomic E-state index is 4.10. The van der Waals surface area contributed by atoms with Crippen LogP contribution in [0.25, 0.3) is 0 Å². The lowest BCUT2D eigenvalue weighted by molar-refractivity contribution is 1.30. The summed E-state index contributed by atoms with van der Waals surface area (Å²) in [7, 11) is 0. The van der Waals surface area contributed by atoms with Crippen molar-refractivity contribution in [3.05, 3.63) is 24.4 Å². The van der Waals surface area contributed by atoms with Gasteiger partial charge in [-0.05, 0) is 26.3 Å². The molecule has 0 aromatic carbocycles. The van der Waals surface area contributed by atoms with Crippen molar-refractivity contribution < 1.29 is 0 Å². The van der Waals surface area contributed by atoms with Crippen LogP contribution in [0, 0.1) is 0 Å². The van der Waals surface area contributed by atoms with Gasteiger partial charge in [-0.3, -0.25) is 4.99 Å². The van der Waals surface area contributed by atoms with Crippen LogP contribution in [0.5, 0.6) is 0 Å². The molecule has 0 saturated carbocycles. The van der Waals surface area contributed by atoms with Crippen molar-refractivity contribution in [2.75, 3.05) is 0 Å². The first-order valence-corrected chi connectivity index (χ1v) is 2.90. The zero-order valence-electron chi connectivity index (χ0n) is 6.36. The Kier molecular flexibility index (Phi) is 2.93. The third kappa shape index (κ3) is 3.71. The lowest BCUT2D eigenvalue weighted by atomic mass is 10.3. The van der Waals surface area contributed by atoms with Crippen LogP contribution in [-0.2, 0) is 0 Å². The molecule has 0 radical (unpaired) electrons. The second kappa shape index (κ2) is 3.23. The normalized spacial score (nSPS) is 8.33. The van der Waals surface area contributed by atoms with Gasteiger partial charge in [0.2, 0.25) is 0 Å². The molecule has 0 N–H and O–H groups in total. The van der Waals surface area contributed by atoms with Crippen LogP contribution >= 0.6 is 0 Å². The molecule has 0 bridgehead atoms. The first-order chi connectivity index (χ1) is 4.04. The van der Waals surface area contributed by atoms with Crippen LogP contribution in [0.2, 0.25) is 0 Å². The summed E-state index contributed by atoms with van der Waals surface area (Å²) in [6.45, 7) is 13.2. The Balaban J connectivity index is 4.09. The van der Waals surface area contributed by atoms with E-state index in [-0.39, 0.29) is 0 Å². The van der Waals surface area contributed by atoms with E-state index in [1.807, 2.05) is 20.8 Å². The highest BCUT2D eigenvalue weighted by Gasteiger charge is 1.87. The maximum absolute atomic E-state index is 4.10. The van der Waals surface area contributed by atoms with Gasteiger partial charge in [0, 0.05) is 5.71 Å². The fourth-order valence-corrected chi connectivity index (χ4v) is 0.365. The first kappa shape index (κ1) is 8.15. The minimum Gasteiger partial charge on any atom is -0.259 e. The molecule has 0 fully saturated rings. The summed E-state index contributed by atoms with van der Waals surface area (Å²) in [6, 6.07) is 0. The second-order valence-electron chi connectivity index (χ2n) is 2.29. The SMILES string of the molecule is C=C(C)C(=C)N=C(C)C. The summed E-state index contributed by atoms with van der Waals surface area (Å²) in [5.41, 5.74) is 2.72. The summed E-state index contributed by atoms with van der Waals surface area (Å²) >= 11 is 0. The summed E-state index contributed by atoms with van der Waals surface area (Å²) in [4.78, 5) is 4.10. The fraction of sp³-hybridized carbons (Fsp3) is 0.375. The molecular weight excluding hydrogens is 110 g/mol. The number of hydrogen-bond donors (Lipinski definition) is 0. The van der Waals surface area contributed by atoms with Crippen LogP contribution in [0.15, 0.2) is 29.4 Å². The lowest BCUT2D eigenvalue weighted by Crippen LogP contribution is -1.83. The van der Waals surface area contributed by atoms with E-state index in [4.69, 9.17) is 0 Å². The van der Waals surface area contributed by atoms with Gasteiger partial charge in [-0.2, -0.15) is 0 Å². The van der Waals surface area contributed by atoms with Gasteiger partial charge in [-0.25, -0.2) is 0 Å². The molecule has 0 aromatic rings. The molecule has 0 atom stereocenters. The predicted molar refractivity (Wildman–Crippen MR) is 42.7 cm³/mol. The zero-order valence-corrected chi connectivity index (χ0v) is 6.36. The predicted octanol–water partition coefficient (Wildman–Crippen LogP) is 2.56. The smallest absolute Gasteiger partial charge is 0.0580 e. The number of rotatable bonds is 2. The highest BCUT2D eigenvalue weighted by molar-refractivity contribution is 5.80. The van der Waals surface area contributed by atoms with Gasteiger partial charge in [-0.1, -0.05) is 13.2 Å².